The number of halogens is 1. The lowest BCUT2D eigenvalue weighted by Gasteiger charge is -2.22. The monoisotopic (exact) mass is 368 g/mol. The summed E-state index contributed by atoms with van der Waals surface area (Å²) in [5, 5.41) is 2.79. The van der Waals surface area contributed by atoms with Gasteiger partial charge in [-0.1, -0.05) is 13.0 Å². The van der Waals surface area contributed by atoms with Crippen LogP contribution in [0, 0.1) is 5.82 Å². The van der Waals surface area contributed by atoms with Crippen molar-refractivity contribution in [3.63, 3.8) is 0 Å². The van der Waals surface area contributed by atoms with Gasteiger partial charge >= 0.3 is 0 Å². The molecule has 2 aliphatic rings. The number of ether oxygens (including phenoxy) is 1. The number of anilines is 1. The van der Waals surface area contributed by atoms with Gasteiger partial charge in [-0.05, 0) is 55.7 Å². The van der Waals surface area contributed by atoms with Gasteiger partial charge in [0.25, 0.3) is 11.8 Å². The average molecular weight is 368 g/mol. The number of nitrogens with zero attached hydrogens (tertiary/aromatic N) is 1. The maximum Gasteiger partial charge on any atom is 0.264 e. The molecule has 5 nitrogen and oxygen atoms in total. The van der Waals surface area contributed by atoms with Crippen LogP contribution in [0.3, 0.4) is 0 Å². The van der Waals surface area contributed by atoms with Gasteiger partial charge in [0.1, 0.15) is 11.6 Å². The van der Waals surface area contributed by atoms with E-state index < -0.39 is 11.9 Å². The summed E-state index contributed by atoms with van der Waals surface area (Å²) in [6.45, 7) is 2.41. The molecule has 2 aromatic carbocycles. The molecule has 1 unspecified atom stereocenters. The lowest BCUT2D eigenvalue weighted by atomic mass is 10.1. The van der Waals surface area contributed by atoms with E-state index in [-0.39, 0.29) is 23.4 Å². The molecule has 27 heavy (non-hydrogen) atoms. The van der Waals surface area contributed by atoms with Crippen LogP contribution in [0.1, 0.15) is 42.1 Å². The average Bonchev–Trinajstić information content (AvgIpc) is 3.50. The number of hydrogen-bond donors (Lipinski definition) is 1. The highest BCUT2D eigenvalue weighted by Gasteiger charge is 2.38. The van der Waals surface area contributed by atoms with Crippen molar-refractivity contribution in [2.75, 3.05) is 5.32 Å². The Morgan fingerprint density at radius 3 is 2.78 bits per heavy atom. The highest BCUT2D eigenvalue weighted by atomic mass is 19.1. The van der Waals surface area contributed by atoms with Crippen molar-refractivity contribution in [3.05, 3.63) is 59.4 Å². The second-order valence-electron chi connectivity index (χ2n) is 7.00. The highest BCUT2D eigenvalue weighted by molar-refractivity contribution is 6.04. The van der Waals surface area contributed by atoms with Crippen molar-refractivity contribution in [2.45, 2.75) is 44.9 Å². The Hall–Kier alpha value is -2.89. The molecule has 2 aromatic rings. The van der Waals surface area contributed by atoms with Crippen LogP contribution in [-0.2, 0) is 11.3 Å². The summed E-state index contributed by atoms with van der Waals surface area (Å²) in [6.07, 6.45) is 2.18. The molecule has 0 aromatic heterocycles. The van der Waals surface area contributed by atoms with Gasteiger partial charge in [0, 0.05) is 29.4 Å². The van der Waals surface area contributed by atoms with E-state index >= 15 is 0 Å². The van der Waals surface area contributed by atoms with Crippen LogP contribution in [0.2, 0.25) is 0 Å². The first-order chi connectivity index (χ1) is 13.0. The molecule has 1 saturated carbocycles. The summed E-state index contributed by atoms with van der Waals surface area (Å²) in [6, 6.07) is 11.2. The maximum absolute atomic E-state index is 13.3. The summed E-state index contributed by atoms with van der Waals surface area (Å²) >= 11 is 0. The van der Waals surface area contributed by atoms with Crippen molar-refractivity contribution in [1.82, 2.24) is 4.90 Å². The number of benzene rings is 2. The molecule has 140 valence electrons. The normalized spacial score (nSPS) is 19.1. The number of carbonyl (C=O) groups is 2. The van der Waals surface area contributed by atoms with E-state index in [9.17, 15) is 14.0 Å². The molecule has 4 rings (SSSR count). The number of hydrogen-bond acceptors (Lipinski definition) is 3. The number of nitrogens with one attached hydrogen (secondary N) is 1. The molecular weight excluding hydrogens is 347 g/mol. The second-order valence-corrected chi connectivity index (χ2v) is 7.00. The Bertz CT molecular complexity index is 895. The Labute approximate surface area is 157 Å². The van der Waals surface area contributed by atoms with Gasteiger partial charge in [0.05, 0.1) is 0 Å². The van der Waals surface area contributed by atoms with Crippen molar-refractivity contribution in [3.8, 4) is 5.75 Å². The van der Waals surface area contributed by atoms with E-state index in [2.05, 4.69) is 5.32 Å². The fraction of sp³-hybridized carbons (Fsp3) is 0.333. The van der Waals surface area contributed by atoms with Crippen LogP contribution >= 0.6 is 0 Å². The SMILES string of the molecule is CCC1Oc2ccc(NC(=O)c3cccc(F)c3)cc2CN(C2CC2)C1=O. The predicted octanol–water partition coefficient (Wildman–Crippen LogP) is 3.74. The van der Waals surface area contributed by atoms with Gasteiger partial charge in [-0.2, -0.15) is 0 Å². The first kappa shape index (κ1) is 17.5. The van der Waals surface area contributed by atoms with Crippen LogP contribution < -0.4 is 10.1 Å². The number of rotatable bonds is 4. The van der Waals surface area contributed by atoms with E-state index in [1.165, 1.54) is 18.2 Å². The van der Waals surface area contributed by atoms with E-state index in [4.69, 9.17) is 4.74 Å². The third-order valence-electron chi connectivity index (χ3n) is 4.93. The van der Waals surface area contributed by atoms with Gasteiger partial charge in [0.15, 0.2) is 6.10 Å². The van der Waals surface area contributed by atoms with E-state index in [1.54, 1.807) is 18.2 Å². The molecule has 1 aliphatic heterocycles. The topological polar surface area (TPSA) is 58.6 Å². The van der Waals surface area contributed by atoms with Crippen LogP contribution in [-0.4, -0.2) is 28.9 Å². The zero-order valence-electron chi connectivity index (χ0n) is 15.1. The van der Waals surface area contributed by atoms with Crippen molar-refractivity contribution in [1.29, 1.82) is 0 Å². The second kappa shape index (κ2) is 7.02. The quantitative estimate of drug-likeness (QED) is 0.894. The van der Waals surface area contributed by atoms with Gasteiger partial charge in [-0.3, -0.25) is 9.59 Å². The standard InChI is InChI=1S/C21H21FN2O3/c1-2-18-21(26)24(17-7-8-17)12-14-11-16(6-9-19(14)27-18)23-20(25)13-4-3-5-15(22)10-13/h3-6,9-11,17-18H,2,7-8,12H2,1H3,(H,23,25). The molecule has 6 heteroatoms. The molecule has 0 bridgehead atoms. The summed E-state index contributed by atoms with van der Waals surface area (Å²) in [4.78, 5) is 27.0. The summed E-state index contributed by atoms with van der Waals surface area (Å²) in [7, 11) is 0. The third-order valence-corrected chi connectivity index (χ3v) is 4.93. The summed E-state index contributed by atoms with van der Waals surface area (Å²) < 4.78 is 19.3. The van der Waals surface area contributed by atoms with Crippen LogP contribution in [0.25, 0.3) is 0 Å². The van der Waals surface area contributed by atoms with E-state index in [0.29, 0.717) is 24.4 Å². The molecule has 0 saturated heterocycles. The predicted molar refractivity (Wildman–Crippen MR) is 99.1 cm³/mol. The molecule has 1 fully saturated rings. The van der Waals surface area contributed by atoms with Crippen molar-refractivity contribution in [2.24, 2.45) is 0 Å². The fourth-order valence-electron chi connectivity index (χ4n) is 3.33. The molecule has 1 atom stereocenters. The van der Waals surface area contributed by atoms with Crippen molar-refractivity contribution >= 4 is 17.5 Å². The minimum Gasteiger partial charge on any atom is -0.480 e. The van der Waals surface area contributed by atoms with Crippen LogP contribution in [0.5, 0.6) is 5.75 Å². The Balaban J connectivity index is 1.58. The largest absolute Gasteiger partial charge is 0.480 e. The summed E-state index contributed by atoms with van der Waals surface area (Å²) in [5.41, 5.74) is 1.70. The van der Waals surface area contributed by atoms with Gasteiger partial charge < -0.3 is 15.0 Å². The lowest BCUT2D eigenvalue weighted by molar-refractivity contribution is -0.139. The number of carbonyl (C=O) groups excluding carboxylic acids is 2. The first-order valence-electron chi connectivity index (χ1n) is 9.22. The number of fused-ring (bicyclic) bond motifs is 1. The molecule has 1 aliphatic carbocycles. The molecule has 1 N–H and O–H groups in total. The fourth-order valence-corrected chi connectivity index (χ4v) is 3.33. The van der Waals surface area contributed by atoms with E-state index in [0.717, 1.165) is 18.4 Å². The highest BCUT2D eigenvalue weighted by Crippen LogP contribution is 2.35. The molecule has 0 radical (unpaired) electrons. The first-order valence-corrected chi connectivity index (χ1v) is 9.22. The molecule has 2 amide bonds. The van der Waals surface area contributed by atoms with Crippen LogP contribution in [0.15, 0.2) is 42.5 Å². The van der Waals surface area contributed by atoms with Crippen molar-refractivity contribution < 1.29 is 18.7 Å². The van der Waals surface area contributed by atoms with Gasteiger partial charge in [-0.15, -0.1) is 0 Å². The number of amides is 2. The lowest BCUT2D eigenvalue weighted by Crippen LogP contribution is -2.40. The van der Waals surface area contributed by atoms with Crippen LogP contribution in [0.4, 0.5) is 10.1 Å². The Morgan fingerprint density at radius 1 is 1.26 bits per heavy atom. The molecule has 0 spiro atoms. The van der Waals surface area contributed by atoms with Gasteiger partial charge in [-0.25, -0.2) is 4.39 Å². The molecule has 1 heterocycles. The maximum atomic E-state index is 13.3. The Morgan fingerprint density at radius 2 is 2.07 bits per heavy atom. The minimum atomic E-state index is -0.473. The van der Waals surface area contributed by atoms with E-state index in [1.807, 2.05) is 17.9 Å². The zero-order valence-corrected chi connectivity index (χ0v) is 15.1. The molecular formula is C21H21FN2O3. The Kier molecular flexibility index (Phi) is 4.56. The van der Waals surface area contributed by atoms with Gasteiger partial charge in [0.2, 0.25) is 0 Å². The third kappa shape index (κ3) is 3.65. The zero-order chi connectivity index (χ0) is 19.0. The minimum absolute atomic E-state index is 0.0292. The summed E-state index contributed by atoms with van der Waals surface area (Å²) in [5.74, 6) is -0.142. The smallest absolute Gasteiger partial charge is 0.264 e.